The molecule has 10 heavy (non-hydrogen) atoms. The number of aliphatic hydroxyl groups excluding tert-OH is 2. The lowest BCUT2D eigenvalue weighted by molar-refractivity contribution is -0.0686. The van der Waals surface area contributed by atoms with Crippen molar-refractivity contribution < 1.29 is 14.9 Å². The molecule has 1 saturated heterocycles. The molecule has 2 N–H and O–H groups in total. The zero-order valence-corrected chi connectivity index (χ0v) is 5.99. The first-order valence-electron chi connectivity index (χ1n) is 3.71. The molecule has 0 aromatic heterocycles. The van der Waals surface area contributed by atoms with Crippen molar-refractivity contribution in [2.24, 2.45) is 5.92 Å². The zero-order valence-electron chi connectivity index (χ0n) is 5.99. The Balaban J connectivity index is 2.34. The van der Waals surface area contributed by atoms with Gasteiger partial charge >= 0.3 is 0 Å². The van der Waals surface area contributed by atoms with E-state index < -0.39 is 0 Å². The van der Waals surface area contributed by atoms with E-state index in [2.05, 4.69) is 0 Å². The Morgan fingerprint density at radius 2 is 2.10 bits per heavy atom. The van der Waals surface area contributed by atoms with Crippen molar-refractivity contribution in [1.29, 1.82) is 0 Å². The molecule has 0 amide bonds. The van der Waals surface area contributed by atoms with Crippen molar-refractivity contribution >= 4 is 0 Å². The fourth-order valence-corrected chi connectivity index (χ4v) is 1.31. The third kappa shape index (κ3) is 1.68. The summed E-state index contributed by atoms with van der Waals surface area (Å²) in [7, 11) is 0. The maximum atomic E-state index is 8.80. The molecule has 1 fully saturated rings. The minimum absolute atomic E-state index is 0.0330. The van der Waals surface area contributed by atoms with Gasteiger partial charge in [0.15, 0.2) is 0 Å². The highest BCUT2D eigenvalue weighted by Crippen LogP contribution is 2.19. The smallest absolute Gasteiger partial charge is 0.0855 e. The van der Waals surface area contributed by atoms with Gasteiger partial charge in [-0.25, -0.2) is 0 Å². The van der Waals surface area contributed by atoms with Crippen molar-refractivity contribution in [3.63, 3.8) is 0 Å². The molecule has 0 aromatic rings. The fourth-order valence-electron chi connectivity index (χ4n) is 1.31. The first-order chi connectivity index (χ1) is 4.88. The molecule has 60 valence electrons. The molecule has 3 nitrogen and oxygen atoms in total. The molecule has 1 rings (SSSR count). The van der Waals surface area contributed by atoms with E-state index >= 15 is 0 Å². The summed E-state index contributed by atoms with van der Waals surface area (Å²) in [4.78, 5) is 0. The van der Waals surface area contributed by atoms with Crippen LogP contribution in [0.1, 0.15) is 12.8 Å². The first-order valence-corrected chi connectivity index (χ1v) is 3.71. The summed E-state index contributed by atoms with van der Waals surface area (Å²) in [6.07, 6.45) is 1.85. The van der Waals surface area contributed by atoms with Gasteiger partial charge in [-0.05, 0) is 12.8 Å². The predicted octanol–water partition coefficient (Wildman–Crippen LogP) is -0.234. The van der Waals surface area contributed by atoms with Crippen molar-refractivity contribution in [2.45, 2.75) is 18.9 Å². The monoisotopic (exact) mass is 146 g/mol. The van der Waals surface area contributed by atoms with Gasteiger partial charge in [0.1, 0.15) is 0 Å². The van der Waals surface area contributed by atoms with Crippen LogP contribution in [0.25, 0.3) is 0 Å². The number of ether oxygens (including phenoxy) is 1. The lowest BCUT2D eigenvalue weighted by Crippen LogP contribution is -2.34. The van der Waals surface area contributed by atoms with Crippen LogP contribution in [0, 0.1) is 5.92 Å². The normalized spacial score (nSPS) is 34.2. The van der Waals surface area contributed by atoms with Gasteiger partial charge in [0.25, 0.3) is 0 Å². The number of aliphatic hydroxyl groups is 2. The van der Waals surface area contributed by atoms with E-state index in [0.717, 1.165) is 19.4 Å². The molecule has 2 unspecified atom stereocenters. The van der Waals surface area contributed by atoms with Crippen LogP contribution in [-0.2, 0) is 4.74 Å². The second-order valence-electron chi connectivity index (χ2n) is 2.68. The third-order valence-electron chi connectivity index (χ3n) is 1.99. The summed E-state index contributed by atoms with van der Waals surface area (Å²) in [6.45, 7) is 0.887. The van der Waals surface area contributed by atoms with Gasteiger partial charge in [0, 0.05) is 19.1 Å². The highest BCUT2D eigenvalue weighted by Gasteiger charge is 2.23. The molecule has 0 radical (unpaired) electrons. The quantitative estimate of drug-likeness (QED) is 0.565. The number of hydrogen-bond donors (Lipinski definition) is 2. The highest BCUT2D eigenvalue weighted by molar-refractivity contribution is 4.72. The molecule has 3 heteroatoms. The van der Waals surface area contributed by atoms with Crippen molar-refractivity contribution in [3.8, 4) is 0 Å². The van der Waals surface area contributed by atoms with Crippen LogP contribution in [0.3, 0.4) is 0 Å². The maximum Gasteiger partial charge on any atom is 0.0855 e. The summed E-state index contributed by atoms with van der Waals surface area (Å²) >= 11 is 0. The molecular formula is C7H14O3. The van der Waals surface area contributed by atoms with Crippen LogP contribution >= 0.6 is 0 Å². The summed E-state index contributed by atoms with van der Waals surface area (Å²) in [6, 6.07) is 0. The summed E-state index contributed by atoms with van der Waals surface area (Å²) in [5.74, 6) is 0.152. The SMILES string of the molecule is OCC1CCCOC1CO. The van der Waals surface area contributed by atoms with Crippen LogP contribution in [0.15, 0.2) is 0 Å². The van der Waals surface area contributed by atoms with Crippen LogP contribution in [0.5, 0.6) is 0 Å². The van der Waals surface area contributed by atoms with Gasteiger partial charge in [-0.2, -0.15) is 0 Å². The van der Waals surface area contributed by atoms with Gasteiger partial charge in [-0.3, -0.25) is 0 Å². The summed E-state index contributed by atoms with van der Waals surface area (Å²) in [5.41, 5.74) is 0. The van der Waals surface area contributed by atoms with E-state index in [1.54, 1.807) is 0 Å². The number of rotatable bonds is 2. The largest absolute Gasteiger partial charge is 0.396 e. The molecule has 0 spiro atoms. The third-order valence-corrected chi connectivity index (χ3v) is 1.99. The Morgan fingerprint density at radius 3 is 2.60 bits per heavy atom. The standard InChI is InChI=1S/C7H14O3/c8-4-6-2-1-3-10-7(6)5-9/h6-9H,1-5H2. The molecule has 1 aliphatic heterocycles. The molecule has 0 aromatic carbocycles. The highest BCUT2D eigenvalue weighted by atomic mass is 16.5. The minimum atomic E-state index is -0.126. The lowest BCUT2D eigenvalue weighted by Gasteiger charge is -2.28. The van der Waals surface area contributed by atoms with Crippen LogP contribution < -0.4 is 0 Å². The van der Waals surface area contributed by atoms with E-state index in [1.165, 1.54) is 0 Å². The van der Waals surface area contributed by atoms with Crippen molar-refractivity contribution in [1.82, 2.24) is 0 Å². The van der Waals surface area contributed by atoms with Crippen molar-refractivity contribution in [3.05, 3.63) is 0 Å². The van der Waals surface area contributed by atoms with Crippen LogP contribution in [0.2, 0.25) is 0 Å². The van der Waals surface area contributed by atoms with E-state index in [-0.39, 0.29) is 25.2 Å². The molecule has 1 aliphatic rings. The Morgan fingerprint density at radius 1 is 1.30 bits per heavy atom. The Bertz CT molecular complexity index is 82.9. The molecule has 2 atom stereocenters. The van der Waals surface area contributed by atoms with E-state index in [4.69, 9.17) is 14.9 Å². The van der Waals surface area contributed by atoms with Gasteiger partial charge in [0.2, 0.25) is 0 Å². The lowest BCUT2D eigenvalue weighted by atomic mass is 9.96. The first kappa shape index (κ1) is 7.98. The molecular weight excluding hydrogens is 132 g/mol. The van der Waals surface area contributed by atoms with Gasteiger partial charge in [-0.1, -0.05) is 0 Å². The average Bonchev–Trinajstić information content (AvgIpc) is 2.04. The Kier molecular flexibility index (Phi) is 3.12. The molecule has 1 heterocycles. The van der Waals surface area contributed by atoms with Gasteiger partial charge < -0.3 is 14.9 Å². The minimum Gasteiger partial charge on any atom is -0.396 e. The van der Waals surface area contributed by atoms with E-state index in [9.17, 15) is 0 Å². The Labute approximate surface area is 60.6 Å². The molecule has 0 aliphatic carbocycles. The summed E-state index contributed by atoms with van der Waals surface area (Å²) < 4.78 is 5.22. The second kappa shape index (κ2) is 3.91. The topological polar surface area (TPSA) is 49.7 Å². The number of hydrogen-bond acceptors (Lipinski definition) is 3. The van der Waals surface area contributed by atoms with E-state index in [0.29, 0.717) is 0 Å². The fraction of sp³-hybridized carbons (Fsp3) is 1.00. The van der Waals surface area contributed by atoms with Gasteiger partial charge in [-0.15, -0.1) is 0 Å². The molecule has 0 saturated carbocycles. The second-order valence-corrected chi connectivity index (χ2v) is 2.68. The van der Waals surface area contributed by atoms with E-state index in [1.807, 2.05) is 0 Å². The maximum absolute atomic E-state index is 8.80. The zero-order chi connectivity index (χ0) is 7.40. The van der Waals surface area contributed by atoms with Gasteiger partial charge in [0.05, 0.1) is 12.7 Å². The van der Waals surface area contributed by atoms with Crippen molar-refractivity contribution in [2.75, 3.05) is 19.8 Å². The molecule has 0 bridgehead atoms. The predicted molar refractivity (Wildman–Crippen MR) is 36.6 cm³/mol. The average molecular weight is 146 g/mol. The van der Waals surface area contributed by atoms with Crippen LogP contribution in [0.4, 0.5) is 0 Å². The summed E-state index contributed by atoms with van der Waals surface area (Å²) in [5, 5.41) is 17.6. The van der Waals surface area contributed by atoms with Crippen LogP contribution in [-0.4, -0.2) is 36.1 Å². The Hall–Kier alpha value is -0.120.